The van der Waals surface area contributed by atoms with Crippen LogP contribution in [0.4, 0.5) is 0 Å². The van der Waals surface area contributed by atoms with E-state index in [1.54, 1.807) is 48.5 Å². The predicted molar refractivity (Wildman–Crippen MR) is 127 cm³/mol. The van der Waals surface area contributed by atoms with Gasteiger partial charge in [-0.25, -0.2) is 0 Å². The van der Waals surface area contributed by atoms with Gasteiger partial charge in [0.2, 0.25) is 0 Å². The third-order valence-electron chi connectivity index (χ3n) is 5.71. The normalized spacial score (nSPS) is 18.9. The van der Waals surface area contributed by atoms with E-state index in [1.165, 1.54) is 4.90 Å². The fourth-order valence-electron chi connectivity index (χ4n) is 4.01. The zero-order valence-corrected chi connectivity index (χ0v) is 19.3. The van der Waals surface area contributed by atoms with E-state index in [0.29, 0.717) is 61.3 Å². The van der Waals surface area contributed by atoms with E-state index in [4.69, 9.17) is 14.2 Å². The number of Topliss-reactive ketones (excluding diaryl/α,β-unsaturated/α-hetero) is 1. The number of amides is 1. The summed E-state index contributed by atoms with van der Waals surface area (Å²) in [5.74, 6) is 0.0831. The molecule has 0 aliphatic carbocycles. The van der Waals surface area contributed by atoms with Gasteiger partial charge < -0.3 is 29.1 Å². The van der Waals surface area contributed by atoms with Crippen LogP contribution < -0.4 is 14.2 Å². The van der Waals surface area contributed by atoms with Crippen LogP contribution in [0.1, 0.15) is 17.2 Å². The summed E-state index contributed by atoms with van der Waals surface area (Å²) in [6.45, 7) is 5.74. The first kappa shape index (κ1) is 23.4. The molecule has 2 aromatic carbocycles. The lowest BCUT2D eigenvalue weighted by molar-refractivity contribution is -0.140. The number of likely N-dealkylation sites (tertiary alicyclic amines) is 1. The zero-order valence-electron chi connectivity index (χ0n) is 19.3. The molecule has 0 radical (unpaired) electrons. The van der Waals surface area contributed by atoms with Crippen LogP contribution in [0.3, 0.4) is 0 Å². The highest BCUT2D eigenvalue weighted by atomic mass is 16.6. The number of benzene rings is 2. The Bertz CT molecular complexity index is 1120. The van der Waals surface area contributed by atoms with Gasteiger partial charge in [-0.15, -0.1) is 0 Å². The molecule has 2 aliphatic rings. The van der Waals surface area contributed by atoms with Gasteiger partial charge in [-0.05, 0) is 50.0 Å². The minimum Gasteiger partial charge on any atom is -0.507 e. The molecule has 1 amide bonds. The number of aliphatic hydroxyl groups is 1. The SMILES string of the molecule is C=CCOc1ccc(C2C(=C(O)c3ccc4c(c3)OCCO4)C(=O)C(=O)N2CCN(C)C)cc1. The van der Waals surface area contributed by atoms with Gasteiger partial charge in [0.15, 0.2) is 11.5 Å². The molecular formula is C26H28N2O6. The first-order valence-corrected chi connectivity index (χ1v) is 11.1. The molecule has 2 aliphatic heterocycles. The second kappa shape index (κ2) is 10.0. The number of carbonyl (C=O) groups excluding carboxylic acids is 2. The lowest BCUT2D eigenvalue weighted by atomic mass is 9.95. The first-order chi connectivity index (χ1) is 16.4. The molecule has 0 spiro atoms. The Morgan fingerprint density at radius 1 is 1.15 bits per heavy atom. The molecule has 1 unspecified atom stereocenters. The van der Waals surface area contributed by atoms with E-state index < -0.39 is 17.7 Å². The summed E-state index contributed by atoms with van der Waals surface area (Å²) in [5, 5.41) is 11.2. The van der Waals surface area contributed by atoms with Crippen LogP contribution in [-0.2, 0) is 9.59 Å². The summed E-state index contributed by atoms with van der Waals surface area (Å²) in [7, 11) is 3.79. The molecule has 8 nitrogen and oxygen atoms in total. The van der Waals surface area contributed by atoms with Crippen molar-refractivity contribution in [3.63, 3.8) is 0 Å². The molecule has 8 heteroatoms. The third kappa shape index (κ3) is 4.63. The Morgan fingerprint density at radius 3 is 2.53 bits per heavy atom. The Labute approximate surface area is 198 Å². The summed E-state index contributed by atoms with van der Waals surface area (Å²) >= 11 is 0. The molecule has 1 N–H and O–H groups in total. The van der Waals surface area contributed by atoms with Gasteiger partial charge in [0, 0.05) is 18.7 Å². The number of ketones is 1. The summed E-state index contributed by atoms with van der Waals surface area (Å²) in [5.41, 5.74) is 1.12. The van der Waals surface area contributed by atoms with E-state index in [1.807, 2.05) is 19.0 Å². The van der Waals surface area contributed by atoms with Crippen molar-refractivity contribution in [3.8, 4) is 17.2 Å². The van der Waals surface area contributed by atoms with Crippen molar-refractivity contribution in [1.82, 2.24) is 9.80 Å². The maximum atomic E-state index is 13.1. The van der Waals surface area contributed by atoms with Crippen molar-refractivity contribution in [1.29, 1.82) is 0 Å². The average Bonchev–Trinajstić information content (AvgIpc) is 3.10. The number of aliphatic hydroxyl groups excluding tert-OH is 1. The van der Waals surface area contributed by atoms with Crippen molar-refractivity contribution < 1.29 is 28.9 Å². The lowest BCUT2D eigenvalue weighted by Gasteiger charge is -2.26. The molecule has 1 fully saturated rings. The number of likely N-dealkylation sites (N-methyl/N-ethyl adjacent to an activating group) is 1. The van der Waals surface area contributed by atoms with Crippen LogP contribution in [0.15, 0.2) is 60.7 Å². The lowest BCUT2D eigenvalue weighted by Crippen LogP contribution is -2.35. The van der Waals surface area contributed by atoms with Crippen LogP contribution in [0.2, 0.25) is 0 Å². The van der Waals surface area contributed by atoms with Crippen LogP contribution in [0.25, 0.3) is 5.76 Å². The summed E-state index contributed by atoms with van der Waals surface area (Å²) in [6.07, 6.45) is 1.65. The van der Waals surface area contributed by atoms with Crippen LogP contribution in [-0.4, -0.2) is 73.6 Å². The third-order valence-corrected chi connectivity index (χ3v) is 5.71. The highest BCUT2D eigenvalue weighted by Gasteiger charge is 2.46. The van der Waals surface area contributed by atoms with Crippen LogP contribution in [0.5, 0.6) is 17.2 Å². The van der Waals surface area contributed by atoms with E-state index in [0.717, 1.165) is 0 Å². The Morgan fingerprint density at radius 2 is 1.85 bits per heavy atom. The van der Waals surface area contributed by atoms with Crippen molar-refractivity contribution in [2.24, 2.45) is 0 Å². The molecule has 0 aromatic heterocycles. The van der Waals surface area contributed by atoms with Gasteiger partial charge in [-0.3, -0.25) is 9.59 Å². The largest absolute Gasteiger partial charge is 0.507 e. The fourth-order valence-corrected chi connectivity index (χ4v) is 4.01. The molecular weight excluding hydrogens is 436 g/mol. The van der Waals surface area contributed by atoms with E-state index in [-0.39, 0.29) is 11.3 Å². The Hall–Kier alpha value is -3.78. The Kier molecular flexibility index (Phi) is 6.88. The minimum atomic E-state index is -0.735. The van der Waals surface area contributed by atoms with Crippen LogP contribution in [0, 0.1) is 0 Å². The van der Waals surface area contributed by atoms with Gasteiger partial charge in [-0.2, -0.15) is 0 Å². The monoisotopic (exact) mass is 464 g/mol. The molecule has 34 heavy (non-hydrogen) atoms. The smallest absolute Gasteiger partial charge is 0.295 e. The quantitative estimate of drug-likeness (QED) is 0.278. The van der Waals surface area contributed by atoms with Crippen LogP contribution >= 0.6 is 0 Å². The Balaban J connectivity index is 1.77. The predicted octanol–water partition coefficient (Wildman–Crippen LogP) is 3.01. The molecule has 178 valence electrons. The molecule has 2 heterocycles. The van der Waals surface area contributed by atoms with Crippen molar-refractivity contribution in [3.05, 3.63) is 71.8 Å². The van der Waals surface area contributed by atoms with Gasteiger partial charge in [0.1, 0.15) is 31.3 Å². The molecule has 0 saturated carbocycles. The zero-order chi connectivity index (χ0) is 24.2. The van der Waals surface area contributed by atoms with Gasteiger partial charge in [0.05, 0.1) is 11.6 Å². The molecule has 0 bridgehead atoms. The highest BCUT2D eigenvalue weighted by molar-refractivity contribution is 6.46. The van der Waals surface area contributed by atoms with Gasteiger partial charge >= 0.3 is 0 Å². The highest BCUT2D eigenvalue weighted by Crippen LogP contribution is 2.41. The van der Waals surface area contributed by atoms with Gasteiger partial charge in [-0.1, -0.05) is 24.8 Å². The molecule has 1 atom stereocenters. The summed E-state index contributed by atoms with van der Waals surface area (Å²) in [4.78, 5) is 29.6. The second-order valence-electron chi connectivity index (χ2n) is 8.32. The van der Waals surface area contributed by atoms with E-state index in [9.17, 15) is 14.7 Å². The molecule has 2 aromatic rings. The number of carbonyl (C=O) groups is 2. The van der Waals surface area contributed by atoms with E-state index in [2.05, 4.69) is 6.58 Å². The van der Waals surface area contributed by atoms with Gasteiger partial charge in [0.25, 0.3) is 11.7 Å². The van der Waals surface area contributed by atoms with Crippen molar-refractivity contribution >= 4 is 17.4 Å². The molecule has 4 rings (SSSR count). The number of fused-ring (bicyclic) bond motifs is 1. The number of ether oxygens (including phenoxy) is 3. The van der Waals surface area contributed by atoms with Crippen molar-refractivity contribution in [2.45, 2.75) is 6.04 Å². The standard InChI is InChI=1S/C26H28N2O6/c1-4-13-32-19-8-5-17(6-9-19)23-22(25(30)26(31)28(23)12-11-27(2)3)24(29)18-7-10-20-21(16-18)34-15-14-33-20/h4-10,16,23,29H,1,11-15H2,2-3H3. The first-order valence-electron chi connectivity index (χ1n) is 11.1. The minimum absolute atomic E-state index is 0.0418. The summed E-state index contributed by atoms with van der Waals surface area (Å²) in [6, 6.07) is 11.4. The maximum absolute atomic E-state index is 13.1. The average molecular weight is 465 g/mol. The number of nitrogens with zero attached hydrogens (tertiary/aromatic N) is 2. The maximum Gasteiger partial charge on any atom is 0.295 e. The number of hydrogen-bond donors (Lipinski definition) is 1. The van der Waals surface area contributed by atoms with E-state index >= 15 is 0 Å². The van der Waals surface area contributed by atoms with Crippen molar-refractivity contribution in [2.75, 3.05) is 47.0 Å². The second-order valence-corrected chi connectivity index (χ2v) is 8.32. The topological polar surface area (TPSA) is 88.5 Å². The summed E-state index contributed by atoms with van der Waals surface area (Å²) < 4.78 is 16.7. The fraction of sp³-hybridized carbons (Fsp3) is 0.308. The number of rotatable bonds is 8. The molecule has 1 saturated heterocycles. The number of hydrogen-bond acceptors (Lipinski definition) is 7.